The zero-order valence-corrected chi connectivity index (χ0v) is 15.0. The maximum Gasteiger partial charge on any atom is 0.248 e. The van der Waals surface area contributed by atoms with Crippen LogP contribution in [0.5, 0.6) is 0 Å². The summed E-state index contributed by atoms with van der Waals surface area (Å²) < 4.78 is 1.91. The summed E-state index contributed by atoms with van der Waals surface area (Å²) in [6.45, 7) is 2.64. The van der Waals surface area contributed by atoms with E-state index in [9.17, 15) is 4.79 Å². The summed E-state index contributed by atoms with van der Waals surface area (Å²) in [7, 11) is 0. The molecular formula is C20H30N4O. The molecule has 1 saturated heterocycles. The average Bonchev–Trinajstić information content (AvgIpc) is 3.14. The molecule has 0 radical (unpaired) electrons. The van der Waals surface area contributed by atoms with Crippen LogP contribution in [0.15, 0.2) is 18.5 Å². The first-order valence-electron chi connectivity index (χ1n) is 10.2. The number of aromatic nitrogens is 2. The molecule has 0 spiro atoms. The Balaban J connectivity index is 1.32. The number of rotatable bonds is 4. The first-order chi connectivity index (χ1) is 12.2. The van der Waals surface area contributed by atoms with Gasteiger partial charge >= 0.3 is 0 Å². The number of amides is 1. The predicted octanol–water partition coefficient (Wildman–Crippen LogP) is 2.29. The lowest BCUT2D eigenvalue weighted by molar-refractivity contribution is -0.134. The van der Waals surface area contributed by atoms with E-state index in [1.165, 1.54) is 38.5 Å². The third-order valence-corrected chi connectivity index (χ3v) is 7.59. The van der Waals surface area contributed by atoms with Gasteiger partial charge in [-0.1, -0.05) is 0 Å². The molecule has 5 nitrogen and oxygen atoms in total. The van der Waals surface area contributed by atoms with Crippen LogP contribution in [0.1, 0.15) is 51.4 Å². The maximum absolute atomic E-state index is 13.3. The summed E-state index contributed by atoms with van der Waals surface area (Å²) in [5.41, 5.74) is -0.111. The van der Waals surface area contributed by atoms with Gasteiger partial charge in [0.05, 0.1) is 0 Å². The normalized spacial score (nSPS) is 38.6. The highest BCUT2D eigenvalue weighted by atomic mass is 16.2. The highest BCUT2D eigenvalue weighted by molar-refractivity contribution is 5.84. The quantitative estimate of drug-likeness (QED) is 0.883. The van der Waals surface area contributed by atoms with E-state index >= 15 is 0 Å². The molecule has 1 amide bonds. The highest BCUT2D eigenvalue weighted by Gasteiger charge is 2.51. The molecule has 2 N–H and O–H groups in total. The predicted molar refractivity (Wildman–Crippen MR) is 95.9 cm³/mol. The summed E-state index contributed by atoms with van der Waals surface area (Å²) in [5, 5.41) is 11.2. The van der Waals surface area contributed by atoms with Crippen molar-refractivity contribution in [2.75, 3.05) is 19.6 Å². The van der Waals surface area contributed by atoms with Crippen molar-refractivity contribution in [3.05, 3.63) is 18.5 Å². The molecule has 1 aliphatic heterocycles. The van der Waals surface area contributed by atoms with Crippen LogP contribution in [0, 0.1) is 23.2 Å². The largest absolute Gasteiger partial charge is 0.353 e. The minimum atomic E-state index is -0.503. The van der Waals surface area contributed by atoms with Crippen molar-refractivity contribution in [1.29, 1.82) is 0 Å². The molecule has 0 aromatic carbocycles. The molecule has 136 valence electrons. The van der Waals surface area contributed by atoms with Crippen LogP contribution >= 0.6 is 0 Å². The Kier molecular flexibility index (Phi) is 3.70. The topological polar surface area (TPSA) is 59.0 Å². The van der Waals surface area contributed by atoms with Gasteiger partial charge in [-0.2, -0.15) is 5.10 Å². The fraction of sp³-hybridized carbons (Fsp3) is 0.800. The number of piperidine rings is 1. The minimum Gasteiger partial charge on any atom is -0.353 e. The molecule has 0 atom stereocenters. The lowest BCUT2D eigenvalue weighted by Gasteiger charge is -2.57. The molecule has 5 fully saturated rings. The first kappa shape index (κ1) is 15.9. The summed E-state index contributed by atoms with van der Waals surface area (Å²) in [4.78, 5) is 13.3. The van der Waals surface area contributed by atoms with Gasteiger partial charge in [0.15, 0.2) is 0 Å². The van der Waals surface area contributed by atoms with Gasteiger partial charge in [0.1, 0.15) is 5.54 Å². The van der Waals surface area contributed by atoms with E-state index in [0.717, 1.165) is 50.2 Å². The molecule has 2 heterocycles. The van der Waals surface area contributed by atoms with Gasteiger partial charge in [0.2, 0.25) is 5.91 Å². The van der Waals surface area contributed by atoms with Gasteiger partial charge < -0.3 is 10.6 Å². The Morgan fingerprint density at radius 3 is 2.32 bits per heavy atom. The van der Waals surface area contributed by atoms with Crippen molar-refractivity contribution in [3.63, 3.8) is 0 Å². The molecule has 1 aromatic heterocycles. The molecule has 6 rings (SSSR count). The number of nitrogens with zero attached hydrogens (tertiary/aromatic N) is 2. The molecule has 1 aromatic rings. The Morgan fingerprint density at radius 1 is 1.12 bits per heavy atom. The Bertz CT molecular complexity index is 597. The summed E-state index contributed by atoms with van der Waals surface area (Å²) >= 11 is 0. The SMILES string of the molecule is O=C(NCC12CC3CC(CC(C3)C1)C2)C1(n2cccn2)CCNCC1. The molecule has 5 heteroatoms. The molecule has 5 aliphatic rings. The van der Waals surface area contributed by atoms with Gasteiger partial charge in [-0.15, -0.1) is 0 Å². The number of hydrogen-bond acceptors (Lipinski definition) is 3. The smallest absolute Gasteiger partial charge is 0.248 e. The second kappa shape index (κ2) is 5.83. The van der Waals surface area contributed by atoms with Crippen LogP contribution in [-0.4, -0.2) is 35.3 Å². The lowest BCUT2D eigenvalue weighted by Crippen LogP contribution is -2.57. The van der Waals surface area contributed by atoms with Gasteiger partial charge in [0, 0.05) is 18.9 Å². The van der Waals surface area contributed by atoms with E-state index in [1.807, 2.05) is 16.9 Å². The van der Waals surface area contributed by atoms with Crippen molar-refractivity contribution in [3.8, 4) is 0 Å². The van der Waals surface area contributed by atoms with Gasteiger partial charge in [-0.05, 0) is 93.7 Å². The van der Waals surface area contributed by atoms with Crippen LogP contribution in [-0.2, 0) is 10.3 Å². The van der Waals surface area contributed by atoms with E-state index in [0.29, 0.717) is 5.41 Å². The van der Waals surface area contributed by atoms with Crippen LogP contribution in [0.2, 0.25) is 0 Å². The van der Waals surface area contributed by atoms with Crippen LogP contribution < -0.4 is 10.6 Å². The maximum atomic E-state index is 13.3. The first-order valence-corrected chi connectivity index (χ1v) is 10.2. The van der Waals surface area contributed by atoms with Gasteiger partial charge in [-0.25, -0.2) is 0 Å². The van der Waals surface area contributed by atoms with Crippen LogP contribution in [0.25, 0.3) is 0 Å². The van der Waals surface area contributed by atoms with E-state index in [1.54, 1.807) is 6.20 Å². The van der Waals surface area contributed by atoms with Crippen molar-refractivity contribution < 1.29 is 4.79 Å². The summed E-state index contributed by atoms with van der Waals surface area (Å²) in [5.74, 6) is 2.99. The Morgan fingerprint density at radius 2 is 1.76 bits per heavy atom. The second-order valence-corrected chi connectivity index (χ2v) is 9.33. The summed E-state index contributed by atoms with van der Waals surface area (Å²) in [6, 6.07) is 1.93. The monoisotopic (exact) mass is 342 g/mol. The van der Waals surface area contributed by atoms with E-state index in [2.05, 4.69) is 15.7 Å². The molecule has 0 unspecified atom stereocenters. The number of carbonyl (C=O) groups is 1. The van der Waals surface area contributed by atoms with Crippen LogP contribution in [0.3, 0.4) is 0 Å². The Hall–Kier alpha value is -1.36. The lowest BCUT2D eigenvalue weighted by atomic mass is 9.49. The minimum absolute atomic E-state index is 0.188. The van der Waals surface area contributed by atoms with E-state index in [-0.39, 0.29) is 5.91 Å². The number of hydrogen-bond donors (Lipinski definition) is 2. The van der Waals surface area contributed by atoms with Gasteiger partial charge in [0.25, 0.3) is 0 Å². The molecule has 4 aliphatic carbocycles. The fourth-order valence-corrected chi connectivity index (χ4v) is 6.86. The number of carbonyl (C=O) groups excluding carboxylic acids is 1. The fourth-order valence-electron chi connectivity index (χ4n) is 6.86. The third-order valence-electron chi connectivity index (χ3n) is 7.59. The average molecular weight is 342 g/mol. The van der Waals surface area contributed by atoms with E-state index < -0.39 is 5.54 Å². The molecular weight excluding hydrogens is 312 g/mol. The van der Waals surface area contributed by atoms with Crippen molar-refractivity contribution in [2.45, 2.75) is 56.9 Å². The van der Waals surface area contributed by atoms with Crippen molar-refractivity contribution in [2.24, 2.45) is 23.2 Å². The highest BCUT2D eigenvalue weighted by Crippen LogP contribution is 2.59. The zero-order valence-electron chi connectivity index (χ0n) is 15.0. The second-order valence-electron chi connectivity index (χ2n) is 9.33. The molecule has 4 bridgehead atoms. The zero-order chi connectivity index (χ0) is 16.9. The number of nitrogens with one attached hydrogen (secondary N) is 2. The molecule has 25 heavy (non-hydrogen) atoms. The van der Waals surface area contributed by atoms with Gasteiger partial charge in [-0.3, -0.25) is 9.48 Å². The van der Waals surface area contributed by atoms with Crippen molar-refractivity contribution in [1.82, 2.24) is 20.4 Å². The Labute approximate surface area is 149 Å². The summed E-state index contributed by atoms with van der Waals surface area (Å²) in [6.07, 6.45) is 13.8. The van der Waals surface area contributed by atoms with Crippen molar-refractivity contribution >= 4 is 5.91 Å². The third kappa shape index (κ3) is 2.62. The molecule has 4 saturated carbocycles. The van der Waals surface area contributed by atoms with E-state index in [4.69, 9.17) is 0 Å². The standard InChI is InChI=1S/C20H30N4O/c25-18(20(2-5-21-6-3-20)24-7-1-4-23-24)22-14-19-11-15-8-16(12-19)10-17(9-15)13-19/h1,4,7,15-17,21H,2-3,5-6,8-14H2,(H,22,25). The van der Waals surface area contributed by atoms with Crippen LogP contribution in [0.4, 0.5) is 0 Å².